The second-order valence-corrected chi connectivity index (χ2v) is 6.42. The molecule has 1 aliphatic heterocycles. The van der Waals surface area contributed by atoms with Crippen LogP contribution in [0.3, 0.4) is 0 Å². The van der Waals surface area contributed by atoms with E-state index in [9.17, 15) is 0 Å². The summed E-state index contributed by atoms with van der Waals surface area (Å²) in [5, 5.41) is 0. The van der Waals surface area contributed by atoms with Crippen molar-refractivity contribution in [2.24, 2.45) is 7.05 Å². The Morgan fingerprint density at radius 3 is 2.46 bits per heavy atom. The van der Waals surface area contributed by atoms with Crippen molar-refractivity contribution in [3.05, 3.63) is 42.0 Å². The first-order valence-electron chi connectivity index (χ1n) is 8.33. The van der Waals surface area contributed by atoms with E-state index in [0.717, 1.165) is 43.2 Å². The van der Waals surface area contributed by atoms with E-state index in [1.807, 2.05) is 11.6 Å². The summed E-state index contributed by atoms with van der Waals surface area (Å²) >= 11 is 0. The average Bonchev–Trinajstić information content (AvgIpc) is 2.99. The van der Waals surface area contributed by atoms with E-state index in [1.54, 1.807) is 12.7 Å². The predicted molar refractivity (Wildman–Crippen MR) is 96.6 cm³/mol. The number of anilines is 2. The van der Waals surface area contributed by atoms with Crippen LogP contribution >= 0.6 is 0 Å². The van der Waals surface area contributed by atoms with E-state index in [1.165, 1.54) is 16.8 Å². The number of imidazole rings is 1. The first-order valence-corrected chi connectivity index (χ1v) is 8.33. The summed E-state index contributed by atoms with van der Waals surface area (Å²) in [7, 11) is 1.96. The van der Waals surface area contributed by atoms with Gasteiger partial charge in [-0.3, -0.25) is 0 Å². The highest BCUT2D eigenvalue weighted by Gasteiger charge is 2.22. The molecule has 0 saturated carbocycles. The van der Waals surface area contributed by atoms with Crippen LogP contribution in [0.1, 0.15) is 11.1 Å². The number of hydrogen-bond acceptors (Lipinski definition) is 5. The van der Waals surface area contributed by atoms with Crippen LogP contribution in [0.2, 0.25) is 0 Å². The molecule has 0 bridgehead atoms. The molecule has 0 N–H and O–H groups in total. The lowest BCUT2D eigenvalue weighted by Crippen LogP contribution is -2.47. The lowest BCUT2D eigenvalue weighted by molar-refractivity contribution is 0.647. The minimum absolute atomic E-state index is 0.886. The first-order chi connectivity index (χ1) is 11.6. The van der Waals surface area contributed by atoms with Gasteiger partial charge in [0.05, 0.1) is 6.33 Å². The molecule has 0 atom stereocenters. The van der Waals surface area contributed by atoms with Crippen LogP contribution in [-0.4, -0.2) is 45.7 Å². The Labute approximate surface area is 141 Å². The van der Waals surface area contributed by atoms with Crippen LogP contribution in [0.5, 0.6) is 0 Å². The molecular weight excluding hydrogens is 300 g/mol. The molecule has 0 aliphatic carbocycles. The summed E-state index contributed by atoms with van der Waals surface area (Å²) in [6, 6.07) is 6.54. The van der Waals surface area contributed by atoms with Gasteiger partial charge in [0.1, 0.15) is 6.33 Å². The van der Waals surface area contributed by atoms with Crippen molar-refractivity contribution < 1.29 is 0 Å². The normalized spacial score (nSPS) is 15.3. The zero-order chi connectivity index (χ0) is 16.7. The first kappa shape index (κ1) is 14.9. The fourth-order valence-corrected chi connectivity index (χ4v) is 3.40. The standard InChI is InChI=1S/C18H22N6/c1-13-5-4-6-15(14(13)2)23-7-9-24(10-8-23)18-16-17(19-11-20-18)22(3)12-21-16/h4-6,11-12H,7-10H2,1-3H3. The van der Waals surface area contributed by atoms with Crippen molar-refractivity contribution in [1.82, 2.24) is 19.5 Å². The SMILES string of the molecule is Cc1cccc(N2CCN(c3ncnc4c3ncn4C)CC2)c1C. The molecule has 0 spiro atoms. The van der Waals surface area contributed by atoms with Gasteiger partial charge in [0.15, 0.2) is 17.0 Å². The minimum atomic E-state index is 0.886. The molecule has 0 amide bonds. The Kier molecular flexibility index (Phi) is 3.59. The lowest BCUT2D eigenvalue weighted by Gasteiger charge is -2.37. The van der Waals surface area contributed by atoms with Gasteiger partial charge in [-0.25, -0.2) is 15.0 Å². The Bertz CT molecular complexity index is 876. The predicted octanol–water partition coefficient (Wildman–Crippen LogP) is 2.31. The Morgan fingerprint density at radius 1 is 0.917 bits per heavy atom. The molecule has 1 fully saturated rings. The molecule has 0 radical (unpaired) electrons. The van der Waals surface area contributed by atoms with Crippen LogP contribution in [0.25, 0.3) is 11.2 Å². The molecule has 1 aromatic carbocycles. The highest BCUT2D eigenvalue weighted by Crippen LogP contribution is 2.26. The lowest BCUT2D eigenvalue weighted by atomic mass is 10.1. The molecule has 3 aromatic rings. The second kappa shape index (κ2) is 5.78. The van der Waals surface area contributed by atoms with Crippen molar-refractivity contribution in [2.75, 3.05) is 36.0 Å². The average molecular weight is 322 g/mol. The summed E-state index contributed by atoms with van der Waals surface area (Å²) < 4.78 is 1.94. The van der Waals surface area contributed by atoms with E-state index in [-0.39, 0.29) is 0 Å². The highest BCUT2D eigenvalue weighted by molar-refractivity contribution is 5.83. The summed E-state index contributed by atoms with van der Waals surface area (Å²) in [5.74, 6) is 0.946. The third-order valence-corrected chi connectivity index (χ3v) is 4.97. The van der Waals surface area contributed by atoms with Crippen molar-refractivity contribution in [1.29, 1.82) is 0 Å². The molecular formula is C18H22N6. The monoisotopic (exact) mass is 322 g/mol. The van der Waals surface area contributed by atoms with Crippen molar-refractivity contribution in [2.45, 2.75) is 13.8 Å². The van der Waals surface area contributed by atoms with Crippen LogP contribution in [0.15, 0.2) is 30.9 Å². The molecule has 0 unspecified atom stereocenters. The molecule has 3 heterocycles. The molecule has 1 aliphatic rings. The Hall–Kier alpha value is -2.63. The third kappa shape index (κ3) is 2.38. The number of rotatable bonds is 2. The van der Waals surface area contributed by atoms with Crippen LogP contribution in [0, 0.1) is 13.8 Å². The van der Waals surface area contributed by atoms with Gasteiger partial charge in [-0.2, -0.15) is 0 Å². The van der Waals surface area contributed by atoms with E-state index < -0.39 is 0 Å². The number of nitrogens with zero attached hydrogens (tertiary/aromatic N) is 6. The fraction of sp³-hybridized carbons (Fsp3) is 0.389. The number of hydrogen-bond donors (Lipinski definition) is 0. The Balaban J connectivity index is 1.56. The van der Waals surface area contributed by atoms with E-state index in [0.29, 0.717) is 0 Å². The van der Waals surface area contributed by atoms with Crippen LogP contribution in [-0.2, 0) is 7.05 Å². The van der Waals surface area contributed by atoms with Gasteiger partial charge < -0.3 is 14.4 Å². The molecule has 1 saturated heterocycles. The molecule has 124 valence electrons. The molecule has 4 rings (SSSR count). The topological polar surface area (TPSA) is 50.1 Å². The van der Waals surface area contributed by atoms with Crippen LogP contribution in [0.4, 0.5) is 11.5 Å². The smallest absolute Gasteiger partial charge is 0.165 e. The molecule has 24 heavy (non-hydrogen) atoms. The van der Waals surface area contributed by atoms with Gasteiger partial charge >= 0.3 is 0 Å². The van der Waals surface area contributed by atoms with Crippen molar-refractivity contribution in [3.8, 4) is 0 Å². The quantitative estimate of drug-likeness (QED) is 0.725. The van der Waals surface area contributed by atoms with Crippen molar-refractivity contribution in [3.63, 3.8) is 0 Å². The largest absolute Gasteiger partial charge is 0.368 e. The number of benzene rings is 1. The maximum absolute atomic E-state index is 4.49. The zero-order valence-corrected chi connectivity index (χ0v) is 14.4. The van der Waals surface area contributed by atoms with Gasteiger partial charge in [-0.1, -0.05) is 12.1 Å². The summed E-state index contributed by atoms with van der Waals surface area (Å²) in [6.07, 6.45) is 3.44. The minimum Gasteiger partial charge on any atom is -0.368 e. The zero-order valence-electron chi connectivity index (χ0n) is 14.4. The van der Waals surface area contributed by atoms with Gasteiger partial charge in [-0.15, -0.1) is 0 Å². The maximum atomic E-state index is 4.49. The fourth-order valence-electron chi connectivity index (χ4n) is 3.40. The van der Waals surface area contributed by atoms with E-state index in [4.69, 9.17) is 0 Å². The highest BCUT2D eigenvalue weighted by atomic mass is 15.3. The van der Waals surface area contributed by atoms with Gasteiger partial charge in [-0.05, 0) is 31.0 Å². The maximum Gasteiger partial charge on any atom is 0.165 e. The third-order valence-electron chi connectivity index (χ3n) is 4.97. The van der Waals surface area contributed by atoms with E-state index >= 15 is 0 Å². The summed E-state index contributed by atoms with van der Waals surface area (Å²) in [6.45, 7) is 8.24. The number of fused-ring (bicyclic) bond motifs is 1. The molecule has 6 nitrogen and oxygen atoms in total. The molecule has 6 heteroatoms. The van der Waals surface area contributed by atoms with Crippen molar-refractivity contribution >= 4 is 22.7 Å². The number of piperazine rings is 1. The van der Waals surface area contributed by atoms with Gasteiger partial charge in [0.2, 0.25) is 0 Å². The van der Waals surface area contributed by atoms with Crippen LogP contribution < -0.4 is 9.80 Å². The molecule has 2 aromatic heterocycles. The number of aryl methyl sites for hydroxylation is 2. The van der Waals surface area contributed by atoms with E-state index in [2.05, 4.69) is 56.8 Å². The Morgan fingerprint density at radius 2 is 1.67 bits per heavy atom. The van der Waals surface area contributed by atoms with Gasteiger partial charge in [0.25, 0.3) is 0 Å². The second-order valence-electron chi connectivity index (χ2n) is 6.42. The summed E-state index contributed by atoms with van der Waals surface area (Å²) in [5.41, 5.74) is 5.85. The van der Waals surface area contributed by atoms with Gasteiger partial charge in [0, 0.05) is 38.9 Å². The number of aromatic nitrogens is 4. The summed E-state index contributed by atoms with van der Waals surface area (Å²) in [4.78, 5) is 18.1.